The summed E-state index contributed by atoms with van der Waals surface area (Å²) < 4.78 is 4.94. The first-order chi connectivity index (χ1) is 11.2. The van der Waals surface area contributed by atoms with Gasteiger partial charge >= 0.3 is 0 Å². The number of hydrogen-bond donors (Lipinski definition) is 0. The molecule has 0 aliphatic heterocycles. The zero-order chi connectivity index (χ0) is 16.9. The van der Waals surface area contributed by atoms with E-state index in [1.165, 1.54) is 89.4 Å². The van der Waals surface area contributed by atoms with Crippen LogP contribution >= 0.6 is 0 Å². The number of imidazole rings is 1. The van der Waals surface area contributed by atoms with Crippen molar-refractivity contribution in [3.63, 3.8) is 0 Å². The molecule has 0 aromatic carbocycles. The first kappa shape index (κ1) is 20.3. The minimum Gasteiger partial charge on any atom is -0.234 e. The molecular weight excluding hydrogens is 280 g/mol. The molecule has 0 radical (unpaired) electrons. The van der Waals surface area contributed by atoms with E-state index in [-0.39, 0.29) is 0 Å². The lowest BCUT2D eigenvalue weighted by Gasteiger charge is -2.07. The van der Waals surface area contributed by atoms with Gasteiger partial charge in [-0.05, 0) is 33.1 Å². The Bertz CT molecular complexity index is 393. The second-order valence-electron chi connectivity index (χ2n) is 7.34. The van der Waals surface area contributed by atoms with E-state index in [0.717, 1.165) is 0 Å². The summed E-state index contributed by atoms with van der Waals surface area (Å²) in [7, 11) is 0. The lowest BCUT2D eigenvalue weighted by Crippen LogP contribution is -2.37. The summed E-state index contributed by atoms with van der Waals surface area (Å²) in [4.78, 5) is 0. The number of aryl methyl sites for hydroxylation is 1. The summed E-state index contributed by atoms with van der Waals surface area (Å²) in [6, 6.07) is 0.575. The Morgan fingerprint density at radius 2 is 1.39 bits per heavy atom. The number of hydrogen-bond acceptors (Lipinski definition) is 0. The van der Waals surface area contributed by atoms with E-state index in [0.29, 0.717) is 6.04 Å². The molecule has 0 aliphatic rings. The smallest absolute Gasteiger partial charge is 0.234 e. The standard InChI is InChI=1S/C21H41N2/c1-5-7-8-9-10-11-12-13-14-15-17-22-18-19-23(20(3)4)21(22)16-6-2/h18-20H,5-17H2,1-4H3/q+1. The van der Waals surface area contributed by atoms with Crippen molar-refractivity contribution in [1.29, 1.82) is 0 Å². The number of nitrogens with zero attached hydrogens (tertiary/aromatic N) is 2. The number of rotatable bonds is 14. The summed E-state index contributed by atoms with van der Waals surface area (Å²) in [6.45, 7) is 10.3. The van der Waals surface area contributed by atoms with E-state index in [1.807, 2.05) is 0 Å². The van der Waals surface area contributed by atoms with Crippen LogP contribution in [0.15, 0.2) is 12.4 Å². The zero-order valence-corrected chi connectivity index (χ0v) is 16.3. The Balaban J connectivity index is 2.16. The summed E-state index contributed by atoms with van der Waals surface area (Å²) in [5, 5.41) is 0. The van der Waals surface area contributed by atoms with Crippen LogP contribution in [0.2, 0.25) is 0 Å². The molecule has 1 heterocycles. The van der Waals surface area contributed by atoms with E-state index in [9.17, 15) is 0 Å². The average Bonchev–Trinajstić information content (AvgIpc) is 2.93. The van der Waals surface area contributed by atoms with Crippen molar-refractivity contribution in [3.05, 3.63) is 18.2 Å². The topological polar surface area (TPSA) is 8.81 Å². The maximum Gasteiger partial charge on any atom is 0.256 e. The minimum atomic E-state index is 0.575. The molecule has 1 rings (SSSR count). The predicted molar refractivity (Wildman–Crippen MR) is 101 cm³/mol. The molecule has 0 fully saturated rings. The van der Waals surface area contributed by atoms with Crippen LogP contribution in [0.25, 0.3) is 0 Å². The van der Waals surface area contributed by atoms with Crippen molar-refractivity contribution in [3.8, 4) is 0 Å². The van der Waals surface area contributed by atoms with Gasteiger partial charge in [0.05, 0.1) is 12.6 Å². The van der Waals surface area contributed by atoms with Gasteiger partial charge in [0.1, 0.15) is 12.4 Å². The summed E-state index contributed by atoms with van der Waals surface area (Å²) >= 11 is 0. The second-order valence-corrected chi connectivity index (χ2v) is 7.34. The summed E-state index contributed by atoms with van der Waals surface area (Å²) in [5.41, 5.74) is 0. The van der Waals surface area contributed by atoms with Gasteiger partial charge in [-0.15, -0.1) is 0 Å². The SMILES string of the molecule is CCCCCCCCCCCC[n+]1ccn(C(C)C)c1CCC. The van der Waals surface area contributed by atoms with Crippen molar-refractivity contribution in [2.24, 2.45) is 0 Å². The predicted octanol–water partition coefficient (Wildman–Crippen LogP) is 6.23. The van der Waals surface area contributed by atoms with Gasteiger partial charge in [-0.25, -0.2) is 9.13 Å². The highest BCUT2D eigenvalue weighted by atomic mass is 15.2. The van der Waals surface area contributed by atoms with Crippen LogP contribution < -0.4 is 4.57 Å². The molecule has 0 aliphatic carbocycles. The molecule has 23 heavy (non-hydrogen) atoms. The monoisotopic (exact) mass is 321 g/mol. The lowest BCUT2D eigenvalue weighted by molar-refractivity contribution is -0.704. The fraction of sp³-hybridized carbons (Fsp3) is 0.857. The lowest BCUT2D eigenvalue weighted by atomic mass is 10.1. The normalized spacial score (nSPS) is 11.5. The highest BCUT2D eigenvalue weighted by Gasteiger charge is 2.17. The highest BCUT2D eigenvalue weighted by Crippen LogP contribution is 2.12. The molecule has 0 bridgehead atoms. The molecule has 0 unspecified atom stereocenters. The Hall–Kier alpha value is -0.790. The molecule has 2 nitrogen and oxygen atoms in total. The minimum absolute atomic E-state index is 0.575. The van der Waals surface area contributed by atoms with Crippen molar-refractivity contribution >= 4 is 0 Å². The molecule has 0 saturated heterocycles. The van der Waals surface area contributed by atoms with Crippen LogP contribution in [0.1, 0.15) is 110 Å². The molecule has 0 saturated carbocycles. The van der Waals surface area contributed by atoms with E-state index in [1.54, 1.807) is 0 Å². The van der Waals surface area contributed by atoms with Gasteiger partial charge in [-0.1, -0.05) is 65.2 Å². The van der Waals surface area contributed by atoms with E-state index >= 15 is 0 Å². The Labute approximate surface area is 145 Å². The highest BCUT2D eigenvalue weighted by molar-refractivity contribution is 4.86. The van der Waals surface area contributed by atoms with Crippen molar-refractivity contribution in [2.75, 3.05) is 0 Å². The van der Waals surface area contributed by atoms with Crippen LogP contribution in [0.5, 0.6) is 0 Å². The maximum absolute atomic E-state index is 2.49. The molecule has 0 amide bonds. The number of aromatic nitrogens is 2. The van der Waals surface area contributed by atoms with Crippen LogP contribution in [0.3, 0.4) is 0 Å². The summed E-state index contributed by atoms with van der Waals surface area (Å²) in [6.07, 6.45) is 21.1. The van der Waals surface area contributed by atoms with Gasteiger partial charge in [0, 0.05) is 6.42 Å². The van der Waals surface area contributed by atoms with Crippen LogP contribution in [-0.2, 0) is 13.0 Å². The quantitative estimate of drug-likeness (QED) is 0.284. The fourth-order valence-electron chi connectivity index (χ4n) is 3.41. The molecule has 0 N–H and O–H groups in total. The van der Waals surface area contributed by atoms with Crippen molar-refractivity contribution < 1.29 is 4.57 Å². The largest absolute Gasteiger partial charge is 0.256 e. The molecule has 0 atom stereocenters. The van der Waals surface area contributed by atoms with Crippen LogP contribution in [0, 0.1) is 0 Å². The van der Waals surface area contributed by atoms with Crippen molar-refractivity contribution in [1.82, 2.24) is 4.57 Å². The molecule has 0 spiro atoms. The molecule has 134 valence electrons. The van der Waals surface area contributed by atoms with Crippen molar-refractivity contribution in [2.45, 2.75) is 117 Å². The van der Waals surface area contributed by atoms with E-state index in [4.69, 9.17) is 0 Å². The first-order valence-corrected chi connectivity index (χ1v) is 10.3. The average molecular weight is 322 g/mol. The van der Waals surface area contributed by atoms with Gasteiger partial charge in [0.2, 0.25) is 0 Å². The molecule has 1 aromatic heterocycles. The molecular formula is C21H41N2+. The number of unbranched alkanes of at least 4 members (excludes halogenated alkanes) is 9. The first-order valence-electron chi connectivity index (χ1n) is 10.3. The third-order valence-electron chi connectivity index (χ3n) is 4.82. The zero-order valence-electron chi connectivity index (χ0n) is 16.3. The van der Waals surface area contributed by atoms with Gasteiger partial charge in [-0.3, -0.25) is 0 Å². The van der Waals surface area contributed by atoms with Gasteiger partial charge in [-0.2, -0.15) is 0 Å². The van der Waals surface area contributed by atoms with Gasteiger partial charge < -0.3 is 0 Å². The third-order valence-corrected chi connectivity index (χ3v) is 4.82. The second kappa shape index (κ2) is 12.6. The van der Waals surface area contributed by atoms with Crippen LogP contribution in [-0.4, -0.2) is 4.57 Å². The van der Waals surface area contributed by atoms with E-state index in [2.05, 4.69) is 49.2 Å². The van der Waals surface area contributed by atoms with Gasteiger partial charge in [0.15, 0.2) is 0 Å². The maximum atomic E-state index is 2.49. The summed E-state index contributed by atoms with van der Waals surface area (Å²) in [5.74, 6) is 1.51. The Morgan fingerprint density at radius 3 is 1.91 bits per heavy atom. The fourth-order valence-corrected chi connectivity index (χ4v) is 3.41. The molecule has 1 aromatic rings. The van der Waals surface area contributed by atoms with E-state index < -0.39 is 0 Å². The Kier molecular flexibility index (Phi) is 11.1. The van der Waals surface area contributed by atoms with Crippen LogP contribution in [0.4, 0.5) is 0 Å². The van der Waals surface area contributed by atoms with Gasteiger partial charge in [0.25, 0.3) is 5.82 Å². The molecule has 2 heteroatoms. The Morgan fingerprint density at radius 1 is 0.826 bits per heavy atom. The third kappa shape index (κ3) is 8.04.